The molecule has 1 aliphatic carbocycles. The van der Waals surface area contributed by atoms with E-state index in [0.717, 1.165) is 58.4 Å². The molecule has 0 saturated carbocycles. The molecule has 0 aliphatic heterocycles. The molecule has 0 fully saturated rings. The van der Waals surface area contributed by atoms with Crippen molar-refractivity contribution in [2.75, 3.05) is 6.61 Å². The second-order valence-corrected chi connectivity index (χ2v) is 9.15. The molecular formula is C28H25ClN2O3. The molecule has 0 radical (unpaired) electrons. The van der Waals surface area contributed by atoms with Gasteiger partial charge >= 0.3 is 5.97 Å². The van der Waals surface area contributed by atoms with Crippen molar-refractivity contribution >= 4 is 34.3 Å². The number of esters is 1. The van der Waals surface area contributed by atoms with E-state index in [1.165, 1.54) is 0 Å². The molecule has 0 unspecified atom stereocenters. The molecule has 0 bridgehead atoms. The number of rotatable bonds is 6. The number of para-hydroxylation sites is 1. The summed E-state index contributed by atoms with van der Waals surface area (Å²) in [5, 5.41) is 1.47. The lowest BCUT2D eigenvalue weighted by Crippen LogP contribution is -2.17. The monoisotopic (exact) mass is 472 g/mol. The number of aromatic nitrogens is 2. The van der Waals surface area contributed by atoms with Gasteiger partial charge in [-0.25, -0.2) is 4.79 Å². The summed E-state index contributed by atoms with van der Waals surface area (Å²) in [6, 6.07) is 17.1. The number of nitrogens with zero attached hydrogens (tertiary/aromatic N) is 2. The number of Topliss-reactive ketones (excluding diaryl/α,β-unsaturated/α-hetero) is 1. The van der Waals surface area contributed by atoms with Gasteiger partial charge in [0.25, 0.3) is 0 Å². The highest BCUT2D eigenvalue weighted by Gasteiger charge is 2.26. The standard InChI is InChI=1S/C28H25ClN2O3/c1-17-14-22(18(2)31(17)15-19-8-3-5-11-23(19)29)26(32)16-34-28(33)27-20-9-4-6-12-24(20)30-25-13-7-10-21(25)27/h3-6,8-9,11-12,14H,7,10,13,15-16H2,1-2H3. The van der Waals surface area contributed by atoms with Crippen molar-refractivity contribution in [1.82, 2.24) is 9.55 Å². The van der Waals surface area contributed by atoms with Crippen LogP contribution < -0.4 is 0 Å². The summed E-state index contributed by atoms with van der Waals surface area (Å²) < 4.78 is 7.63. The van der Waals surface area contributed by atoms with Crippen LogP contribution in [0.5, 0.6) is 0 Å². The summed E-state index contributed by atoms with van der Waals surface area (Å²) in [6.07, 6.45) is 2.63. The molecule has 2 aromatic heterocycles. The van der Waals surface area contributed by atoms with Crippen LogP contribution in [0.25, 0.3) is 10.9 Å². The molecule has 6 heteroatoms. The van der Waals surface area contributed by atoms with E-state index < -0.39 is 5.97 Å². The van der Waals surface area contributed by atoms with E-state index >= 15 is 0 Å². The molecule has 2 aromatic carbocycles. The van der Waals surface area contributed by atoms with E-state index in [9.17, 15) is 9.59 Å². The lowest BCUT2D eigenvalue weighted by atomic mass is 10.0. The first-order chi connectivity index (χ1) is 16.4. The Balaban J connectivity index is 1.37. The third-order valence-electron chi connectivity index (χ3n) is 6.62. The molecule has 5 rings (SSSR count). The van der Waals surface area contributed by atoms with Gasteiger partial charge in [-0.15, -0.1) is 0 Å². The first kappa shape index (κ1) is 22.4. The predicted octanol–water partition coefficient (Wildman–Crippen LogP) is 5.88. The number of carbonyl (C=O) groups excluding carboxylic acids is 2. The molecule has 0 spiro atoms. The number of pyridine rings is 1. The summed E-state index contributed by atoms with van der Waals surface area (Å²) in [5.74, 6) is -0.683. The first-order valence-electron chi connectivity index (χ1n) is 11.4. The maximum atomic E-state index is 13.2. The van der Waals surface area contributed by atoms with Gasteiger partial charge in [0.1, 0.15) is 0 Å². The number of hydrogen-bond acceptors (Lipinski definition) is 4. The zero-order valence-electron chi connectivity index (χ0n) is 19.2. The maximum Gasteiger partial charge on any atom is 0.339 e. The van der Waals surface area contributed by atoms with E-state index in [-0.39, 0.29) is 12.4 Å². The van der Waals surface area contributed by atoms with Crippen molar-refractivity contribution in [1.29, 1.82) is 0 Å². The van der Waals surface area contributed by atoms with Crippen LogP contribution in [-0.2, 0) is 24.1 Å². The predicted molar refractivity (Wildman–Crippen MR) is 133 cm³/mol. The molecule has 172 valence electrons. The smallest absolute Gasteiger partial charge is 0.339 e. The molecule has 0 N–H and O–H groups in total. The molecule has 0 atom stereocenters. The molecular weight excluding hydrogens is 448 g/mol. The van der Waals surface area contributed by atoms with E-state index in [4.69, 9.17) is 21.3 Å². The summed E-state index contributed by atoms with van der Waals surface area (Å²) in [6.45, 7) is 4.13. The zero-order valence-corrected chi connectivity index (χ0v) is 20.0. The van der Waals surface area contributed by atoms with E-state index in [0.29, 0.717) is 22.7 Å². The lowest BCUT2D eigenvalue weighted by Gasteiger charge is -2.12. The quantitative estimate of drug-likeness (QED) is 0.259. The van der Waals surface area contributed by atoms with Gasteiger partial charge in [0.05, 0.1) is 11.1 Å². The SMILES string of the molecule is Cc1cc(C(=O)COC(=O)c2c3c(nc4ccccc24)CCC3)c(C)n1Cc1ccccc1Cl. The molecule has 1 aliphatic rings. The summed E-state index contributed by atoms with van der Waals surface area (Å²) in [7, 11) is 0. The molecule has 0 saturated heterocycles. The molecule has 34 heavy (non-hydrogen) atoms. The second-order valence-electron chi connectivity index (χ2n) is 8.74. The highest BCUT2D eigenvalue weighted by molar-refractivity contribution is 6.31. The van der Waals surface area contributed by atoms with Gasteiger partial charge in [-0.2, -0.15) is 0 Å². The number of benzene rings is 2. The number of ketones is 1. The van der Waals surface area contributed by atoms with Crippen LogP contribution in [0.1, 0.15) is 55.3 Å². The van der Waals surface area contributed by atoms with E-state index in [2.05, 4.69) is 4.57 Å². The Morgan fingerprint density at radius 1 is 1.06 bits per heavy atom. The van der Waals surface area contributed by atoms with Crippen LogP contribution in [0.2, 0.25) is 5.02 Å². The van der Waals surface area contributed by atoms with E-state index in [1.54, 1.807) is 0 Å². The van der Waals surface area contributed by atoms with Crippen LogP contribution >= 0.6 is 11.6 Å². The molecule has 2 heterocycles. The lowest BCUT2D eigenvalue weighted by molar-refractivity contribution is 0.0475. The molecule has 5 nitrogen and oxygen atoms in total. The van der Waals surface area contributed by atoms with E-state index in [1.807, 2.05) is 68.4 Å². The van der Waals surface area contributed by atoms with Crippen LogP contribution in [-0.4, -0.2) is 27.9 Å². The Bertz CT molecular complexity index is 1440. The fraction of sp³-hybridized carbons (Fsp3) is 0.250. The van der Waals surface area contributed by atoms with Crippen molar-refractivity contribution in [3.8, 4) is 0 Å². The molecule has 4 aromatic rings. The van der Waals surface area contributed by atoms with Crippen LogP contribution in [0.15, 0.2) is 54.6 Å². The van der Waals surface area contributed by atoms with Crippen molar-refractivity contribution < 1.29 is 14.3 Å². The third-order valence-corrected chi connectivity index (χ3v) is 6.99. The number of hydrogen-bond donors (Lipinski definition) is 0. The normalized spacial score (nSPS) is 12.7. The van der Waals surface area contributed by atoms with Gasteiger partial charge in [0.15, 0.2) is 6.61 Å². The largest absolute Gasteiger partial charge is 0.454 e. The minimum Gasteiger partial charge on any atom is -0.454 e. The highest BCUT2D eigenvalue weighted by atomic mass is 35.5. The van der Waals surface area contributed by atoms with Gasteiger partial charge < -0.3 is 9.30 Å². The number of aryl methyl sites for hydroxylation is 2. The van der Waals surface area contributed by atoms with Gasteiger partial charge in [0.2, 0.25) is 5.78 Å². The Hall–Kier alpha value is -3.44. The van der Waals surface area contributed by atoms with Gasteiger partial charge in [-0.1, -0.05) is 48.0 Å². The number of carbonyl (C=O) groups is 2. The Morgan fingerprint density at radius 3 is 2.65 bits per heavy atom. The van der Waals surface area contributed by atoms with Crippen molar-refractivity contribution in [2.24, 2.45) is 0 Å². The second kappa shape index (κ2) is 9.07. The Labute approximate surface area is 203 Å². The maximum absolute atomic E-state index is 13.2. The average molecular weight is 473 g/mol. The van der Waals surface area contributed by atoms with Crippen LogP contribution in [0.4, 0.5) is 0 Å². The van der Waals surface area contributed by atoms with Gasteiger partial charge in [0, 0.05) is 39.6 Å². The minimum absolute atomic E-state index is 0.220. The summed E-state index contributed by atoms with van der Waals surface area (Å²) >= 11 is 6.33. The fourth-order valence-electron chi connectivity index (χ4n) is 4.85. The first-order valence-corrected chi connectivity index (χ1v) is 11.8. The number of halogens is 1. The zero-order chi connectivity index (χ0) is 23.8. The summed E-state index contributed by atoms with van der Waals surface area (Å²) in [4.78, 5) is 30.9. The van der Waals surface area contributed by atoms with Gasteiger partial charge in [-0.3, -0.25) is 9.78 Å². The van der Waals surface area contributed by atoms with Gasteiger partial charge in [-0.05, 0) is 62.4 Å². The van der Waals surface area contributed by atoms with Crippen molar-refractivity contribution in [3.05, 3.63) is 99.0 Å². The van der Waals surface area contributed by atoms with Crippen molar-refractivity contribution in [3.63, 3.8) is 0 Å². The molecule has 0 amide bonds. The minimum atomic E-state index is -0.463. The van der Waals surface area contributed by atoms with Crippen molar-refractivity contribution in [2.45, 2.75) is 39.7 Å². The Kier molecular flexibility index (Phi) is 5.96. The third kappa shape index (κ3) is 4.01. The topological polar surface area (TPSA) is 61.2 Å². The number of fused-ring (bicyclic) bond motifs is 2. The average Bonchev–Trinajstić information content (AvgIpc) is 3.41. The highest BCUT2D eigenvalue weighted by Crippen LogP contribution is 2.30. The Morgan fingerprint density at radius 2 is 1.82 bits per heavy atom. The summed E-state index contributed by atoms with van der Waals surface area (Å²) in [5.41, 5.74) is 6.56. The van der Waals surface area contributed by atoms with Crippen LogP contribution in [0.3, 0.4) is 0 Å². The number of ether oxygens (including phenoxy) is 1. The fourth-order valence-corrected chi connectivity index (χ4v) is 5.04. The van der Waals surface area contributed by atoms with Crippen LogP contribution in [0, 0.1) is 13.8 Å².